The Balaban J connectivity index is 1.88. The lowest BCUT2D eigenvalue weighted by molar-refractivity contribution is -0.128. The first-order valence-electron chi connectivity index (χ1n) is 7.98. The summed E-state index contributed by atoms with van der Waals surface area (Å²) in [7, 11) is 0. The molecule has 0 spiro atoms. The van der Waals surface area contributed by atoms with Crippen molar-refractivity contribution in [1.82, 2.24) is 0 Å². The molecule has 0 aromatic carbocycles. The van der Waals surface area contributed by atoms with Crippen molar-refractivity contribution in [1.29, 1.82) is 0 Å². The topological polar surface area (TPSA) is 0 Å². The van der Waals surface area contributed by atoms with Crippen LogP contribution < -0.4 is 0 Å². The largest absolute Gasteiger partial charge is 0.244 e. The Bertz CT molecular complexity index is 322. The van der Waals surface area contributed by atoms with Crippen molar-refractivity contribution in [3.8, 4) is 0 Å². The summed E-state index contributed by atoms with van der Waals surface area (Å²) in [6.45, 7) is 3.46. The zero-order valence-electron chi connectivity index (χ0n) is 12.1. The molecule has 3 fully saturated rings. The summed E-state index contributed by atoms with van der Waals surface area (Å²) in [5.41, 5.74) is 0. The molecule has 0 saturated heterocycles. The Hall–Kier alpha value is -0.280. The average molecular weight is 292 g/mol. The fourth-order valence-electron chi connectivity index (χ4n) is 5.20. The highest BCUT2D eigenvalue weighted by molar-refractivity contribution is 5.04. The first-order chi connectivity index (χ1) is 9.41. The molecule has 0 nitrogen and oxygen atoms in total. The molecule has 0 aliphatic heterocycles. The molecule has 0 radical (unpaired) electrons. The van der Waals surface area contributed by atoms with Gasteiger partial charge in [-0.1, -0.05) is 13.8 Å². The van der Waals surface area contributed by atoms with E-state index in [4.69, 9.17) is 0 Å². The van der Waals surface area contributed by atoms with Gasteiger partial charge in [-0.05, 0) is 49.4 Å². The summed E-state index contributed by atoms with van der Waals surface area (Å²) in [6, 6.07) is 0. The van der Waals surface area contributed by atoms with Gasteiger partial charge in [0.2, 0.25) is 0 Å². The van der Waals surface area contributed by atoms with Crippen molar-refractivity contribution >= 4 is 0 Å². The molecule has 3 rings (SSSR count). The molecule has 0 amide bonds. The van der Waals surface area contributed by atoms with Gasteiger partial charge in [0, 0.05) is 11.8 Å². The molecule has 3 saturated carbocycles. The summed E-state index contributed by atoms with van der Waals surface area (Å²) in [4.78, 5) is 0. The van der Waals surface area contributed by atoms with Gasteiger partial charge in [-0.2, -0.15) is 0 Å². The van der Waals surface area contributed by atoms with Crippen LogP contribution >= 0.6 is 0 Å². The minimum absolute atomic E-state index is 0.0344. The number of hydrogen-bond acceptors (Lipinski definition) is 0. The summed E-state index contributed by atoms with van der Waals surface area (Å²) >= 11 is 0. The zero-order chi connectivity index (χ0) is 14.6. The van der Waals surface area contributed by atoms with Crippen molar-refractivity contribution in [3.63, 3.8) is 0 Å². The highest BCUT2D eigenvalue weighted by Crippen LogP contribution is 2.55. The Morgan fingerprint density at radius 1 is 0.600 bits per heavy atom. The Morgan fingerprint density at radius 2 is 0.950 bits per heavy atom. The van der Waals surface area contributed by atoms with Gasteiger partial charge in [0.05, 0.1) is 0 Å². The van der Waals surface area contributed by atoms with Crippen LogP contribution in [0.5, 0.6) is 0 Å². The molecular formula is C16H24F4. The maximum absolute atomic E-state index is 14.5. The van der Waals surface area contributed by atoms with Gasteiger partial charge in [0.15, 0.2) is 0 Å². The van der Waals surface area contributed by atoms with Gasteiger partial charge in [-0.25, -0.2) is 17.6 Å². The predicted molar refractivity (Wildman–Crippen MR) is 70.3 cm³/mol. The Morgan fingerprint density at radius 3 is 1.30 bits per heavy atom. The van der Waals surface area contributed by atoms with Gasteiger partial charge in [-0.3, -0.25) is 0 Å². The molecular weight excluding hydrogens is 268 g/mol. The van der Waals surface area contributed by atoms with Gasteiger partial charge in [0.1, 0.15) is 24.7 Å². The summed E-state index contributed by atoms with van der Waals surface area (Å²) in [5, 5.41) is 0. The van der Waals surface area contributed by atoms with Crippen LogP contribution in [0.15, 0.2) is 0 Å². The van der Waals surface area contributed by atoms with Gasteiger partial charge in [0.25, 0.3) is 0 Å². The number of rotatable bonds is 0. The first kappa shape index (κ1) is 14.6. The van der Waals surface area contributed by atoms with E-state index in [1.807, 2.05) is 0 Å². The molecule has 3 aliphatic rings. The lowest BCUT2D eigenvalue weighted by Crippen LogP contribution is -2.56. The first-order valence-corrected chi connectivity index (χ1v) is 7.98. The highest BCUT2D eigenvalue weighted by atomic mass is 19.2. The molecule has 0 N–H and O–H groups in total. The summed E-state index contributed by atoms with van der Waals surface area (Å²) < 4.78 is 57.0. The number of alkyl halides is 4. The van der Waals surface area contributed by atoms with Crippen molar-refractivity contribution in [2.75, 3.05) is 0 Å². The third-order valence-corrected chi connectivity index (χ3v) is 6.22. The van der Waals surface area contributed by atoms with E-state index in [1.54, 1.807) is 13.8 Å². The number of halogens is 4. The van der Waals surface area contributed by atoms with Crippen molar-refractivity contribution < 1.29 is 17.6 Å². The van der Waals surface area contributed by atoms with E-state index in [1.165, 1.54) is 0 Å². The van der Waals surface area contributed by atoms with Crippen LogP contribution in [0.25, 0.3) is 0 Å². The smallest absolute Gasteiger partial charge is 0.135 e. The van der Waals surface area contributed by atoms with Crippen LogP contribution in [0.1, 0.15) is 39.5 Å². The van der Waals surface area contributed by atoms with Crippen LogP contribution in [0, 0.1) is 35.5 Å². The third kappa shape index (κ3) is 2.09. The Kier molecular flexibility index (Phi) is 3.79. The molecule has 4 heteroatoms. The number of hydrogen-bond donors (Lipinski definition) is 0. The molecule has 0 heterocycles. The normalized spacial score (nSPS) is 59.7. The predicted octanol–water partition coefficient (Wildman–Crippen LogP) is 4.68. The molecule has 116 valence electrons. The second kappa shape index (κ2) is 5.17. The summed E-state index contributed by atoms with van der Waals surface area (Å²) in [5.74, 6) is -1.75. The quantitative estimate of drug-likeness (QED) is 0.569. The molecule has 10 unspecified atom stereocenters. The van der Waals surface area contributed by atoms with Crippen molar-refractivity contribution in [3.05, 3.63) is 0 Å². The molecule has 0 aromatic heterocycles. The third-order valence-electron chi connectivity index (χ3n) is 6.22. The van der Waals surface area contributed by atoms with Crippen LogP contribution in [-0.2, 0) is 0 Å². The molecule has 20 heavy (non-hydrogen) atoms. The van der Waals surface area contributed by atoms with Crippen LogP contribution in [0.3, 0.4) is 0 Å². The van der Waals surface area contributed by atoms with E-state index >= 15 is 0 Å². The lowest BCUT2D eigenvalue weighted by atomic mass is 9.54. The minimum Gasteiger partial charge on any atom is -0.244 e. The fourth-order valence-corrected chi connectivity index (χ4v) is 5.20. The van der Waals surface area contributed by atoms with E-state index in [0.717, 1.165) is 12.8 Å². The number of fused-ring (bicyclic) bond motifs is 3. The van der Waals surface area contributed by atoms with E-state index in [0.29, 0.717) is 12.8 Å². The van der Waals surface area contributed by atoms with Gasteiger partial charge in [-0.15, -0.1) is 0 Å². The zero-order valence-corrected chi connectivity index (χ0v) is 12.1. The highest BCUT2D eigenvalue weighted by Gasteiger charge is 2.57. The molecule has 3 aliphatic carbocycles. The Labute approximate surface area is 118 Å². The van der Waals surface area contributed by atoms with E-state index in [9.17, 15) is 17.6 Å². The van der Waals surface area contributed by atoms with Crippen LogP contribution in [0.2, 0.25) is 0 Å². The van der Waals surface area contributed by atoms with Gasteiger partial charge < -0.3 is 0 Å². The van der Waals surface area contributed by atoms with Gasteiger partial charge >= 0.3 is 0 Å². The SMILES string of the molecule is CC1CC2CCC3CC(C)C(F)C(F)C3C2C(F)C1F. The second-order valence-corrected chi connectivity index (χ2v) is 7.46. The maximum Gasteiger partial charge on any atom is 0.135 e. The average Bonchev–Trinajstić information content (AvgIpc) is 2.42. The lowest BCUT2D eigenvalue weighted by Gasteiger charge is -2.53. The minimum atomic E-state index is -1.62. The van der Waals surface area contributed by atoms with E-state index in [-0.39, 0.29) is 23.7 Å². The molecule has 10 atom stereocenters. The second-order valence-electron chi connectivity index (χ2n) is 7.46. The standard InChI is InChI=1S/C16H24F4/c1-7-5-9-3-4-10-6-8(2)14(18)16(20)12(10)11(9)15(19)13(7)17/h7-16H,3-6H2,1-2H3. The van der Waals surface area contributed by atoms with E-state index in [2.05, 4.69) is 0 Å². The van der Waals surface area contributed by atoms with Crippen molar-refractivity contribution in [2.45, 2.75) is 64.2 Å². The summed E-state index contributed by atoms with van der Waals surface area (Å²) in [6.07, 6.45) is -3.33. The van der Waals surface area contributed by atoms with Crippen molar-refractivity contribution in [2.24, 2.45) is 35.5 Å². The maximum atomic E-state index is 14.5. The molecule has 0 aromatic rings. The fraction of sp³-hybridized carbons (Fsp3) is 1.00. The van der Waals surface area contributed by atoms with Crippen LogP contribution in [-0.4, -0.2) is 24.7 Å². The monoisotopic (exact) mass is 292 g/mol. The van der Waals surface area contributed by atoms with Crippen LogP contribution in [0.4, 0.5) is 17.6 Å². The molecule has 0 bridgehead atoms. The van der Waals surface area contributed by atoms with E-state index < -0.39 is 36.5 Å².